The summed E-state index contributed by atoms with van der Waals surface area (Å²) in [6.07, 6.45) is 2.33. The van der Waals surface area contributed by atoms with E-state index < -0.39 is 5.41 Å². The van der Waals surface area contributed by atoms with E-state index in [9.17, 15) is 14.0 Å². The Morgan fingerprint density at radius 3 is 2.39 bits per heavy atom. The van der Waals surface area contributed by atoms with Crippen LogP contribution in [0.25, 0.3) is 0 Å². The number of ether oxygens (including phenoxy) is 3. The van der Waals surface area contributed by atoms with Crippen molar-refractivity contribution in [3.63, 3.8) is 0 Å². The van der Waals surface area contributed by atoms with Crippen molar-refractivity contribution in [1.82, 2.24) is 4.90 Å². The van der Waals surface area contributed by atoms with Crippen LogP contribution in [0.3, 0.4) is 0 Å². The highest BCUT2D eigenvalue weighted by molar-refractivity contribution is 5.93. The number of carbonyl (C=O) groups excluding carboxylic acids is 2. The smallest absolute Gasteiger partial charge is 0.233 e. The number of rotatable bonds is 4. The second-order valence-corrected chi connectivity index (χ2v) is 8.83. The molecule has 2 saturated heterocycles. The number of halogens is 1. The number of nitrogens with one attached hydrogen (secondary N) is 1. The number of hydrogen-bond acceptors (Lipinski definition) is 5. The number of hydrogen-bond donors (Lipinski definition) is 1. The third-order valence-electron chi connectivity index (χ3n) is 6.95. The number of anilines is 1. The quantitative estimate of drug-likeness (QED) is 0.766. The number of benzene rings is 2. The first kappa shape index (κ1) is 21.7. The number of amides is 2. The average molecular weight is 454 g/mol. The fraction of sp³-hybridized carbons (Fsp3) is 0.440. The van der Waals surface area contributed by atoms with Gasteiger partial charge in [-0.3, -0.25) is 9.59 Å². The van der Waals surface area contributed by atoms with E-state index >= 15 is 0 Å². The van der Waals surface area contributed by atoms with Crippen molar-refractivity contribution in [2.75, 3.05) is 38.4 Å². The standard InChI is InChI=1S/C25H27FN2O5/c26-19-3-1-18(2-4-19)25(9-13-31-14-10-25)24(30)28-11-7-17(8-12-28)23(29)27-20-5-6-21-22(15-20)33-16-32-21/h1-6,15,17H,7-14,16H2,(H,27,29). The Balaban J connectivity index is 1.23. The van der Waals surface area contributed by atoms with Crippen LogP contribution in [0, 0.1) is 11.7 Å². The van der Waals surface area contributed by atoms with Crippen molar-refractivity contribution in [3.05, 3.63) is 53.8 Å². The number of piperidine rings is 1. The molecule has 8 heteroatoms. The summed E-state index contributed by atoms with van der Waals surface area (Å²) in [6.45, 7) is 2.21. The molecule has 0 spiro atoms. The molecule has 2 aromatic carbocycles. The Hall–Kier alpha value is -3.13. The van der Waals surface area contributed by atoms with Crippen molar-refractivity contribution in [2.45, 2.75) is 31.1 Å². The molecule has 2 fully saturated rings. The van der Waals surface area contributed by atoms with Crippen LogP contribution in [0.4, 0.5) is 10.1 Å². The van der Waals surface area contributed by atoms with Gasteiger partial charge in [0.2, 0.25) is 18.6 Å². The molecule has 3 aliphatic heterocycles. The van der Waals surface area contributed by atoms with Gasteiger partial charge in [0.1, 0.15) is 5.82 Å². The van der Waals surface area contributed by atoms with Gasteiger partial charge < -0.3 is 24.4 Å². The summed E-state index contributed by atoms with van der Waals surface area (Å²) in [5, 5.41) is 2.96. The first-order valence-electron chi connectivity index (χ1n) is 11.4. The zero-order chi connectivity index (χ0) is 22.8. The normalized spacial score (nSPS) is 19.8. The van der Waals surface area contributed by atoms with Gasteiger partial charge in [-0.25, -0.2) is 4.39 Å². The Bertz CT molecular complexity index is 1030. The fourth-order valence-corrected chi connectivity index (χ4v) is 4.98. The van der Waals surface area contributed by atoms with Crippen LogP contribution < -0.4 is 14.8 Å². The average Bonchev–Trinajstić information content (AvgIpc) is 3.32. The second kappa shape index (κ2) is 9.02. The Morgan fingerprint density at radius 1 is 0.970 bits per heavy atom. The summed E-state index contributed by atoms with van der Waals surface area (Å²) in [7, 11) is 0. The molecule has 5 rings (SSSR count). The van der Waals surface area contributed by atoms with E-state index in [0.717, 1.165) is 5.56 Å². The summed E-state index contributed by atoms with van der Waals surface area (Å²) in [4.78, 5) is 28.4. The molecular weight excluding hydrogens is 427 g/mol. The lowest BCUT2D eigenvalue weighted by Gasteiger charge is -2.42. The highest BCUT2D eigenvalue weighted by Gasteiger charge is 2.45. The predicted molar refractivity (Wildman–Crippen MR) is 119 cm³/mol. The predicted octanol–water partition coefficient (Wildman–Crippen LogP) is 3.48. The molecule has 0 atom stereocenters. The molecule has 0 saturated carbocycles. The van der Waals surface area contributed by atoms with Crippen LogP contribution in [-0.2, 0) is 19.7 Å². The van der Waals surface area contributed by atoms with Gasteiger partial charge in [-0.05, 0) is 55.5 Å². The van der Waals surface area contributed by atoms with E-state index in [1.165, 1.54) is 12.1 Å². The first-order chi connectivity index (χ1) is 16.0. The lowest BCUT2D eigenvalue weighted by molar-refractivity contribution is -0.143. The lowest BCUT2D eigenvalue weighted by Crippen LogP contribution is -2.52. The summed E-state index contributed by atoms with van der Waals surface area (Å²) in [6, 6.07) is 11.6. The van der Waals surface area contributed by atoms with Crippen LogP contribution in [0.15, 0.2) is 42.5 Å². The van der Waals surface area contributed by atoms with Crippen molar-refractivity contribution in [3.8, 4) is 11.5 Å². The lowest BCUT2D eigenvalue weighted by atomic mass is 9.72. The summed E-state index contributed by atoms with van der Waals surface area (Å²) in [5.41, 5.74) is 0.799. The van der Waals surface area contributed by atoms with Crippen LogP contribution in [0.1, 0.15) is 31.2 Å². The monoisotopic (exact) mass is 454 g/mol. The van der Waals surface area contributed by atoms with Gasteiger partial charge in [-0.2, -0.15) is 0 Å². The molecule has 0 radical (unpaired) electrons. The third-order valence-corrected chi connectivity index (χ3v) is 6.95. The molecule has 1 N–H and O–H groups in total. The van der Waals surface area contributed by atoms with Crippen LogP contribution in [-0.4, -0.2) is 49.8 Å². The molecule has 33 heavy (non-hydrogen) atoms. The van der Waals surface area contributed by atoms with E-state index in [1.54, 1.807) is 30.3 Å². The molecule has 7 nitrogen and oxygen atoms in total. The summed E-state index contributed by atoms with van der Waals surface area (Å²) >= 11 is 0. The van der Waals surface area contributed by atoms with Gasteiger partial charge in [0.05, 0.1) is 5.41 Å². The molecule has 2 amide bonds. The van der Waals surface area contributed by atoms with Gasteiger partial charge >= 0.3 is 0 Å². The van der Waals surface area contributed by atoms with Crippen LogP contribution in [0.5, 0.6) is 11.5 Å². The van der Waals surface area contributed by atoms with Crippen molar-refractivity contribution < 1.29 is 28.2 Å². The largest absolute Gasteiger partial charge is 0.454 e. The second-order valence-electron chi connectivity index (χ2n) is 8.83. The molecule has 0 bridgehead atoms. The molecule has 174 valence electrons. The van der Waals surface area contributed by atoms with Crippen LogP contribution >= 0.6 is 0 Å². The number of nitrogens with zero attached hydrogens (tertiary/aromatic N) is 1. The highest BCUT2D eigenvalue weighted by Crippen LogP contribution is 2.38. The van der Waals surface area contributed by atoms with E-state index in [2.05, 4.69) is 5.32 Å². The summed E-state index contributed by atoms with van der Waals surface area (Å²) < 4.78 is 29.7. The first-order valence-corrected chi connectivity index (χ1v) is 11.4. The van der Waals surface area contributed by atoms with Gasteiger partial charge in [0.15, 0.2) is 11.5 Å². The van der Waals surface area contributed by atoms with E-state index in [1.807, 2.05) is 4.90 Å². The minimum atomic E-state index is -0.701. The van der Waals surface area contributed by atoms with E-state index in [-0.39, 0.29) is 30.3 Å². The maximum absolute atomic E-state index is 13.7. The third kappa shape index (κ3) is 4.27. The molecular formula is C25H27FN2O5. The molecule has 3 aliphatic rings. The fourth-order valence-electron chi connectivity index (χ4n) is 4.98. The molecule has 3 heterocycles. The maximum atomic E-state index is 13.7. The molecule has 2 aromatic rings. The van der Waals surface area contributed by atoms with Gasteiger partial charge in [-0.1, -0.05) is 12.1 Å². The number of likely N-dealkylation sites (tertiary alicyclic amines) is 1. The van der Waals surface area contributed by atoms with Crippen molar-refractivity contribution in [1.29, 1.82) is 0 Å². The van der Waals surface area contributed by atoms with Gasteiger partial charge in [-0.15, -0.1) is 0 Å². The Labute approximate surface area is 191 Å². The maximum Gasteiger partial charge on any atom is 0.233 e. The Morgan fingerprint density at radius 2 is 1.67 bits per heavy atom. The zero-order valence-corrected chi connectivity index (χ0v) is 18.3. The van der Waals surface area contributed by atoms with Gasteiger partial charge in [0.25, 0.3) is 0 Å². The highest BCUT2D eigenvalue weighted by atomic mass is 19.1. The zero-order valence-electron chi connectivity index (χ0n) is 18.3. The van der Waals surface area contributed by atoms with Gasteiger partial charge in [0, 0.05) is 44.0 Å². The minimum Gasteiger partial charge on any atom is -0.454 e. The van der Waals surface area contributed by atoms with Crippen molar-refractivity contribution in [2.24, 2.45) is 5.92 Å². The topological polar surface area (TPSA) is 77.1 Å². The number of fused-ring (bicyclic) bond motifs is 1. The minimum absolute atomic E-state index is 0.0482. The van der Waals surface area contributed by atoms with Crippen molar-refractivity contribution >= 4 is 17.5 Å². The SMILES string of the molecule is O=C(Nc1ccc2c(c1)OCO2)C1CCN(C(=O)C2(c3ccc(F)cc3)CCOCC2)CC1. The Kier molecular flexibility index (Phi) is 5.93. The van der Waals surface area contributed by atoms with Crippen LogP contribution in [0.2, 0.25) is 0 Å². The van der Waals surface area contributed by atoms with E-state index in [4.69, 9.17) is 14.2 Å². The molecule has 0 unspecified atom stereocenters. The summed E-state index contributed by atoms with van der Waals surface area (Å²) in [5.74, 6) is 0.796. The number of carbonyl (C=O) groups is 2. The molecule has 0 aromatic heterocycles. The van der Waals surface area contributed by atoms with E-state index in [0.29, 0.717) is 69.2 Å². The molecule has 0 aliphatic carbocycles.